The zero-order chi connectivity index (χ0) is 23.2. The Bertz CT molecular complexity index is 1130. The van der Waals surface area contributed by atoms with Gasteiger partial charge in [-0.1, -0.05) is 29.8 Å². The highest BCUT2D eigenvalue weighted by Crippen LogP contribution is 2.22. The minimum Gasteiger partial charge on any atom is -0.337 e. The monoisotopic (exact) mass is 466 g/mol. The van der Waals surface area contributed by atoms with Gasteiger partial charge in [0.15, 0.2) is 0 Å². The van der Waals surface area contributed by atoms with Crippen molar-refractivity contribution in [2.75, 3.05) is 49.9 Å². The third-order valence-corrected chi connectivity index (χ3v) is 5.81. The van der Waals surface area contributed by atoms with Crippen LogP contribution in [0.5, 0.6) is 0 Å². The van der Waals surface area contributed by atoms with Crippen LogP contribution in [-0.2, 0) is 0 Å². The van der Waals surface area contributed by atoms with Gasteiger partial charge >= 0.3 is 12.1 Å². The molecule has 4 amide bonds. The van der Waals surface area contributed by atoms with Crippen LogP contribution in [0.2, 0.25) is 5.02 Å². The molecule has 0 atom stereocenters. The second-order valence-corrected chi connectivity index (χ2v) is 8.41. The molecule has 9 heteroatoms. The van der Waals surface area contributed by atoms with Crippen molar-refractivity contribution in [3.05, 3.63) is 65.3 Å². The number of para-hydroxylation sites is 1. The van der Waals surface area contributed by atoms with Gasteiger partial charge in [0.2, 0.25) is 0 Å². The van der Waals surface area contributed by atoms with Crippen molar-refractivity contribution in [1.82, 2.24) is 20.1 Å². The number of fused-ring (bicyclic) bond motifs is 1. The molecule has 1 fully saturated rings. The van der Waals surface area contributed by atoms with E-state index in [0.717, 1.165) is 47.6 Å². The molecule has 1 saturated heterocycles. The zero-order valence-electron chi connectivity index (χ0n) is 18.5. The largest absolute Gasteiger partial charge is 0.337 e. The molecule has 2 heterocycles. The van der Waals surface area contributed by atoms with Crippen LogP contribution >= 0.6 is 11.6 Å². The van der Waals surface area contributed by atoms with E-state index >= 15 is 0 Å². The second kappa shape index (κ2) is 10.5. The molecule has 1 aliphatic heterocycles. The van der Waals surface area contributed by atoms with Crippen molar-refractivity contribution in [2.45, 2.75) is 6.92 Å². The Morgan fingerprint density at radius 2 is 1.73 bits per heavy atom. The van der Waals surface area contributed by atoms with Gasteiger partial charge in [-0.05, 0) is 43.3 Å². The Labute approximate surface area is 197 Å². The predicted molar refractivity (Wildman–Crippen MR) is 132 cm³/mol. The van der Waals surface area contributed by atoms with Crippen molar-refractivity contribution < 1.29 is 9.59 Å². The van der Waals surface area contributed by atoms with Crippen molar-refractivity contribution in [3.8, 4) is 0 Å². The first-order chi connectivity index (χ1) is 16.0. The highest BCUT2D eigenvalue weighted by Gasteiger charge is 2.21. The second-order valence-electron chi connectivity index (χ2n) is 7.97. The van der Waals surface area contributed by atoms with Gasteiger partial charge in [-0.2, -0.15) is 0 Å². The average Bonchev–Trinajstić information content (AvgIpc) is 2.81. The summed E-state index contributed by atoms with van der Waals surface area (Å²) in [6.07, 6.45) is 0. The van der Waals surface area contributed by atoms with Gasteiger partial charge in [-0.3, -0.25) is 9.88 Å². The van der Waals surface area contributed by atoms with E-state index in [-0.39, 0.29) is 12.1 Å². The van der Waals surface area contributed by atoms with E-state index in [1.165, 1.54) is 0 Å². The number of pyridine rings is 1. The molecular formula is C24H27ClN6O2. The summed E-state index contributed by atoms with van der Waals surface area (Å²) < 4.78 is 0. The van der Waals surface area contributed by atoms with E-state index in [1.807, 2.05) is 37.3 Å². The fourth-order valence-corrected chi connectivity index (χ4v) is 3.94. The number of piperazine rings is 1. The smallest absolute Gasteiger partial charge is 0.321 e. The summed E-state index contributed by atoms with van der Waals surface area (Å²) in [7, 11) is 0. The molecular weight excluding hydrogens is 440 g/mol. The number of halogens is 1. The van der Waals surface area contributed by atoms with Gasteiger partial charge in [0.25, 0.3) is 0 Å². The molecule has 1 aromatic heterocycles. The van der Waals surface area contributed by atoms with Crippen molar-refractivity contribution in [1.29, 1.82) is 0 Å². The molecule has 33 heavy (non-hydrogen) atoms. The lowest BCUT2D eigenvalue weighted by atomic mass is 10.1. The summed E-state index contributed by atoms with van der Waals surface area (Å²) in [5.41, 5.74) is 3.17. The maximum absolute atomic E-state index is 12.4. The highest BCUT2D eigenvalue weighted by atomic mass is 35.5. The van der Waals surface area contributed by atoms with Gasteiger partial charge in [-0.25, -0.2) is 9.59 Å². The minimum absolute atomic E-state index is 0.116. The molecule has 3 aromatic rings. The molecule has 3 N–H and O–H groups in total. The van der Waals surface area contributed by atoms with Crippen LogP contribution in [-0.4, -0.2) is 66.1 Å². The topological polar surface area (TPSA) is 89.6 Å². The molecule has 2 aromatic carbocycles. The Morgan fingerprint density at radius 1 is 1.00 bits per heavy atom. The van der Waals surface area contributed by atoms with E-state index in [2.05, 4.69) is 25.8 Å². The average molecular weight is 467 g/mol. The molecule has 0 bridgehead atoms. The number of aryl methyl sites for hydroxylation is 1. The van der Waals surface area contributed by atoms with Crippen LogP contribution in [0.15, 0.2) is 54.6 Å². The number of carbonyl (C=O) groups excluding carboxylic acids is 2. The number of nitrogens with zero attached hydrogens (tertiary/aromatic N) is 3. The molecule has 0 unspecified atom stereocenters. The quantitative estimate of drug-likeness (QED) is 0.526. The number of aromatic nitrogens is 1. The SMILES string of the molecule is Cc1cc(NC(=O)NCCN2CCN(C(=O)Nc3ccc(Cl)cc3)CC2)c2ccccc2n1. The Balaban J connectivity index is 1.19. The van der Waals surface area contributed by atoms with Gasteiger partial charge in [-0.15, -0.1) is 0 Å². The number of urea groups is 2. The van der Waals surface area contributed by atoms with Crippen LogP contribution in [0.4, 0.5) is 21.0 Å². The van der Waals surface area contributed by atoms with Crippen LogP contribution < -0.4 is 16.0 Å². The van der Waals surface area contributed by atoms with Crippen LogP contribution in [0.25, 0.3) is 10.9 Å². The Kier molecular flexibility index (Phi) is 7.26. The van der Waals surface area contributed by atoms with E-state index in [4.69, 9.17) is 11.6 Å². The number of carbonyl (C=O) groups is 2. The fraction of sp³-hybridized carbons (Fsp3) is 0.292. The van der Waals surface area contributed by atoms with E-state index in [0.29, 0.717) is 24.7 Å². The number of hydrogen-bond acceptors (Lipinski definition) is 4. The summed E-state index contributed by atoms with van der Waals surface area (Å²) in [4.78, 5) is 33.4. The van der Waals surface area contributed by atoms with Crippen LogP contribution in [0, 0.1) is 6.92 Å². The van der Waals surface area contributed by atoms with Gasteiger partial charge in [0, 0.05) is 61.1 Å². The number of amides is 4. The van der Waals surface area contributed by atoms with Crippen LogP contribution in [0.1, 0.15) is 5.69 Å². The first-order valence-electron chi connectivity index (χ1n) is 10.9. The van der Waals surface area contributed by atoms with Gasteiger partial charge in [0.1, 0.15) is 0 Å². The van der Waals surface area contributed by atoms with E-state index in [1.54, 1.807) is 29.2 Å². The van der Waals surface area contributed by atoms with Gasteiger partial charge < -0.3 is 20.9 Å². The normalized spacial score (nSPS) is 14.2. The third kappa shape index (κ3) is 6.12. The van der Waals surface area contributed by atoms with Gasteiger partial charge in [0.05, 0.1) is 11.2 Å². The molecule has 0 spiro atoms. The summed E-state index contributed by atoms with van der Waals surface area (Å²) in [6, 6.07) is 16.3. The van der Waals surface area contributed by atoms with Crippen molar-refractivity contribution in [2.24, 2.45) is 0 Å². The molecule has 1 aliphatic rings. The number of rotatable bonds is 5. The Morgan fingerprint density at radius 3 is 2.48 bits per heavy atom. The first-order valence-corrected chi connectivity index (χ1v) is 11.3. The number of hydrogen-bond donors (Lipinski definition) is 3. The fourth-order valence-electron chi connectivity index (χ4n) is 3.82. The standard InChI is InChI=1S/C24H27ClN6O2/c1-17-16-22(20-4-2-3-5-21(20)27-17)29-23(32)26-10-11-30-12-14-31(15-13-30)24(33)28-19-8-6-18(25)7-9-19/h2-9,16H,10-15H2,1H3,(H,28,33)(H2,26,27,29,32). The predicted octanol–water partition coefficient (Wildman–Crippen LogP) is 4.17. The molecule has 0 aliphatic carbocycles. The zero-order valence-corrected chi connectivity index (χ0v) is 19.2. The lowest BCUT2D eigenvalue weighted by Crippen LogP contribution is -2.51. The number of benzene rings is 2. The lowest BCUT2D eigenvalue weighted by molar-refractivity contribution is 0.148. The maximum atomic E-state index is 12.4. The maximum Gasteiger partial charge on any atom is 0.321 e. The Hall–Kier alpha value is -3.36. The van der Waals surface area contributed by atoms with E-state index in [9.17, 15) is 9.59 Å². The first kappa shape index (κ1) is 22.8. The van der Waals surface area contributed by atoms with Crippen molar-refractivity contribution >= 4 is 45.9 Å². The third-order valence-electron chi connectivity index (χ3n) is 5.56. The molecule has 0 saturated carbocycles. The minimum atomic E-state index is -0.244. The van der Waals surface area contributed by atoms with Crippen molar-refractivity contribution in [3.63, 3.8) is 0 Å². The highest BCUT2D eigenvalue weighted by molar-refractivity contribution is 6.30. The summed E-state index contributed by atoms with van der Waals surface area (Å²) in [5, 5.41) is 10.3. The summed E-state index contributed by atoms with van der Waals surface area (Å²) in [6.45, 7) is 5.92. The van der Waals surface area contributed by atoms with E-state index < -0.39 is 0 Å². The molecule has 172 valence electrons. The summed E-state index contributed by atoms with van der Waals surface area (Å²) in [5.74, 6) is 0. The number of nitrogens with one attached hydrogen (secondary N) is 3. The molecule has 4 rings (SSSR count). The lowest BCUT2D eigenvalue weighted by Gasteiger charge is -2.34. The molecule has 0 radical (unpaired) electrons. The van der Waals surface area contributed by atoms with Crippen LogP contribution in [0.3, 0.4) is 0 Å². The summed E-state index contributed by atoms with van der Waals surface area (Å²) >= 11 is 5.88. The molecule has 8 nitrogen and oxygen atoms in total. The number of anilines is 2.